The highest BCUT2D eigenvalue weighted by Crippen LogP contribution is 2.69. The number of rotatable bonds is 14. The standard InChI is InChI=1S/C62H54N2O14S6/c1-3-5-8-31(4-2)30-64-36-10-7-6-9-32(36)11-12-33-27-34(13-14-37(33)64)51-41-42(70-18-17-69-41)54(80-51)55-45-46(74-22-21-73-45)58(82-55)59-49-50(78-26-25-77-49)61(84-59)60-48-47(75-23-24-76-48)57(83-60)56-44-43(71-19-20-72-44)53(81-56)52-40-39(67-15-16-68-40)38(79-52)28-35(29-63)62(65)66/h6-7,9-10,13-14,27-28,31H,3-5,8,11-12,15-26,30H2,1-2H3,(H,65,66)/b35-28+. The molecule has 0 saturated heterocycles. The van der Waals surface area contributed by atoms with Gasteiger partial charge in [0.25, 0.3) is 0 Å². The van der Waals surface area contributed by atoms with E-state index in [4.69, 9.17) is 56.8 Å². The largest absolute Gasteiger partial charge is 0.485 e. The summed E-state index contributed by atoms with van der Waals surface area (Å²) in [5, 5.41) is 19.4. The molecule has 6 aromatic heterocycles. The van der Waals surface area contributed by atoms with Crippen LogP contribution in [0, 0.1) is 17.2 Å². The van der Waals surface area contributed by atoms with Crippen molar-refractivity contribution in [2.24, 2.45) is 5.92 Å². The first-order valence-electron chi connectivity index (χ1n) is 28.3. The number of carboxylic acids is 1. The molecular formula is C62H54N2O14S6. The number of nitriles is 1. The van der Waals surface area contributed by atoms with Crippen LogP contribution in [-0.2, 0) is 17.6 Å². The molecule has 13 heterocycles. The smallest absolute Gasteiger partial charge is 0.346 e. The van der Waals surface area contributed by atoms with Crippen LogP contribution in [0.1, 0.15) is 55.5 Å². The Morgan fingerprint density at radius 1 is 0.512 bits per heavy atom. The minimum absolute atomic E-state index is 0.264. The quantitative estimate of drug-likeness (QED) is 0.0803. The van der Waals surface area contributed by atoms with Crippen LogP contribution in [0.25, 0.3) is 65.3 Å². The number of ether oxygens (including phenoxy) is 12. The first-order valence-corrected chi connectivity index (χ1v) is 33.2. The number of fused-ring (bicyclic) bond motifs is 8. The highest BCUT2D eigenvalue weighted by molar-refractivity contribution is 7.32. The van der Waals surface area contributed by atoms with E-state index in [-0.39, 0.29) is 13.2 Å². The zero-order valence-corrected chi connectivity index (χ0v) is 50.6. The lowest BCUT2D eigenvalue weighted by molar-refractivity contribution is -0.132. The van der Waals surface area contributed by atoms with E-state index in [9.17, 15) is 15.2 Å². The van der Waals surface area contributed by atoms with E-state index in [1.54, 1.807) is 40.1 Å². The van der Waals surface area contributed by atoms with Crippen molar-refractivity contribution in [1.29, 1.82) is 5.26 Å². The Balaban J connectivity index is 0.824. The Morgan fingerprint density at radius 2 is 0.881 bits per heavy atom. The van der Waals surface area contributed by atoms with Gasteiger partial charge in [-0.3, -0.25) is 0 Å². The van der Waals surface area contributed by atoms with E-state index in [0.717, 1.165) is 81.0 Å². The van der Waals surface area contributed by atoms with Gasteiger partial charge in [-0.05, 0) is 66.1 Å². The van der Waals surface area contributed by atoms with Crippen LogP contribution in [-0.4, -0.2) is 96.9 Å². The second-order valence-electron chi connectivity index (χ2n) is 20.7. The van der Waals surface area contributed by atoms with Crippen LogP contribution >= 0.6 is 68.0 Å². The van der Waals surface area contributed by atoms with E-state index >= 15 is 0 Å². The average molecular weight is 1240 g/mol. The Kier molecular flexibility index (Phi) is 14.2. The van der Waals surface area contributed by atoms with Gasteiger partial charge in [-0.1, -0.05) is 57.4 Å². The molecule has 1 atom stereocenters. The SMILES string of the molecule is CCCCC(CC)CN1c2ccccc2CCc2cc(-c3sc(-c4sc(-c5sc(-c6sc(-c7sc(-c8sc(/C=C(\C#N)C(=O)O)c9c8OCCO9)c8c7OCCO8)c7c6OCCO7)c6c5OCCO6)c5c4OCCO5)c4c3OCCO4)ccc21. The number of para-hydroxylation sites is 1. The van der Waals surface area contributed by atoms with Gasteiger partial charge in [0.2, 0.25) is 0 Å². The van der Waals surface area contributed by atoms with Gasteiger partial charge in [-0.2, -0.15) is 5.26 Å². The molecule has 1 N–H and O–H groups in total. The summed E-state index contributed by atoms with van der Waals surface area (Å²) in [6.45, 7) is 9.73. The lowest BCUT2D eigenvalue weighted by Gasteiger charge is -2.31. The maximum Gasteiger partial charge on any atom is 0.346 e. The van der Waals surface area contributed by atoms with Gasteiger partial charge in [-0.25, -0.2) is 4.79 Å². The molecule has 0 radical (unpaired) electrons. The van der Waals surface area contributed by atoms with Crippen molar-refractivity contribution in [2.75, 3.05) is 90.7 Å². The van der Waals surface area contributed by atoms with E-state index in [1.165, 1.54) is 81.9 Å². The molecule has 15 rings (SSSR count). The molecule has 0 amide bonds. The van der Waals surface area contributed by atoms with Crippen molar-refractivity contribution in [1.82, 2.24) is 0 Å². The number of carboxylic acid groups (broad SMARTS) is 1. The molecule has 8 aromatic rings. The Hall–Kier alpha value is -7.26. The summed E-state index contributed by atoms with van der Waals surface area (Å²) in [5.41, 5.74) is 5.95. The fourth-order valence-corrected chi connectivity index (χ4v) is 19.4. The van der Waals surface area contributed by atoms with Crippen LogP contribution in [0.15, 0.2) is 48.0 Å². The number of unbranched alkanes of at least 4 members (excludes halogenated alkanes) is 1. The monoisotopic (exact) mass is 1240 g/mol. The number of benzene rings is 2. The molecule has 2 aromatic carbocycles. The number of aryl methyl sites for hydroxylation is 2. The van der Waals surface area contributed by atoms with Gasteiger partial charge in [0, 0.05) is 17.9 Å². The van der Waals surface area contributed by atoms with Crippen LogP contribution in [0.3, 0.4) is 0 Å². The van der Waals surface area contributed by atoms with Crippen LogP contribution in [0.5, 0.6) is 69.0 Å². The Morgan fingerprint density at radius 3 is 1.30 bits per heavy atom. The van der Waals surface area contributed by atoms with Gasteiger partial charge < -0.3 is 66.8 Å². The van der Waals surface area contributed by atoms with Gasteiger partial charge in [0.1, 0.15) is 90.9 Å². The molecule has 0 fully saturated rings. The molecular weight excluding hydrogens is 1190 g/mol. The molecule has 0 bridgehead atoms. The Labute approximate surface area is 507 Å². The summed E-state index contributed by atoms with van der Waals surface area (Å²) in [5.74, 6) is 6.24. The van der Waals surface area contributed by atoms with Crippen LogP contribution in [0.2, 0.25) is 0 Å². The third kappa shape index (κ3) is 9.06. The van der Waals surface area contributed by atoms with Gasteiger partial charge in [0.15, 0.2) is 69.0 Å². The molecule has 0 aliphatic carbocycles. The summed E-state index contributed by atoms with van der Waals surface area (Å²) >= 11 is 9.00. The minimum Gasteiger partial charge on any atom is -0.485 e. The molecule has 22 heteroatoms. The zero-order chi connectivity index (χ0) is 56.6. The van der Waals surface area contributed by atoms with E-state index in [0.29, 0.717) is 150 Å². The summed E-state index contributed by atoms with van der Waals surface area (Å²) in [4.78, 5) is 24.0. The van der Waals surface area contributed by atoms with Crippen molar-refractivity contribution < 1.29 is 66.7 Å². The number of nitrogens with zero attached hydrogens (tertiary/aromatic N) is 2. The van der Waals surface area contributed by atoms with Crippen LogP contribution < -0.4 is 61.7 Å². The van der Waals surface area contributed by atoms with Crippen LogP contribution in [0.4, 0.5) is 11.4 Å². The maximum atomic E-state index is 12.0. The first-order chi connectivity index (χ1) is 41.4. The normalized spacial score (nSPS) is 16.5. The third-order valence-corrected chi connectivity index (χ3v) is 23.4. The Bertz CT molecular complexity index is 4000. The second kappa shape index (κ2) is 22.3. The number of hydrogen-bond acceptors (Lipinski definition) is 21. The molecule has 7 aliphatic heterocycles. The predicted molar refractivity (Wildman–Crippen MR) is 328 cm³/mol. The maximum absolute atomic E-state index is 12.0. The number of thiophene rings is 6. The number of hydrogen-bond donors (Lipinski definition) is 1. The summed E-state index contributed by atoms with van der Waals surface area (Å²) in [6.07, 6.45) is 7.99. The predicted octanol–water partition coefficient (Wildman–Crippen LogP) is 15.1. The first kappa shape index (κ1) is 53.5. The minimum atomic E-state index is -1.34. The van der Waals surface area contributed by atoms with Gasteiger partial charge in [-0.15, -0.1) is 68.0 Å². The lowest BCUT2D eigenvalue weighted by Crippen LogP contribution is -2.26. The third-order valence-electron chi connectivity index (χ3n) is 15.6. The number of aliphatic carboxylic acids is 1. The highest BCUT2D eigenvalue weighted by atomic mass is 32.1. The molecule has 84 heavy (non-hydrogen) atoms. The molecule has 432 valence electrons. The lowest BCUT2D eigenvalue weighted by atomic mass is 9.97. The molecule has 7 aliphatic rings. The fraction of sp³-hybridized carbons (Fsp3) is 0.355. The van der Waals surface area contributed by atoms with E-state index in [2.05, 4.69) is 61.2 Å². The fourth-order valence-electron chi connectivity index (χ4n) is 11.7. The van der Waals surface area contributed by atoms with Crippen molar-refractivity contribution in [3.63, 3.8) is 0 Å². The van der Waals surface area contributed by atoms with Gasteiger partial charge >= 0.3 is 5.97 Å². The van der Waals surface area contributed by atoms with Crippen molar-refractivity contribution >= 4 is 91.4 Å². The highest BCUT2D eigenvalue weighted by Gasteiger charge is 2.41. The molecule has 0 saturated carbocycles. The number of anilines is 2. The topological polar surface area (TPSA) is 175 Å². The van der Waals surface area contributed by atoms with Crippen molar-refractivity contribution in [3.05, 3.63) is 64.0 Å². The molecule has 16 nitrogen and oxygen atoms in total. The second-order valence-corrected chi connectivity index (χ2v) is 26.9. The summed E-state index contributed by atoms with van der Waals surface area (Å²) < 4.78 is 78.0. The van der Waals surface area contributed by atoms with Gasteiger partial charge in [0.05, 0.1) is 58.5 Å². The number of carbonyl (C=O) groups is 1. The summed E-state index contributed by atoms with van der Waals surface area (Å²) in [6, 6.07) is 17.7. The molecule has 1 unspecified atom stereocenters. The summed E-state index contributed by atoms with van der Waals surface area (Å²) in [7, 11) is 0. The van der Waals surface area contributed by atoms with E-state index in [1.807, 2.05) is 0 Å². The molecule has 0 spiro atoms. The average Bonchev–Trinajstić information content (AvgIpc) is 2.21. The van der Waals surface area contributed by atoms with Crippen molar-refractivity contribution in [3.8, 4) is 134 Å². The van der Waals surface area contributed by atoms with E-state index < -0.39 is 11.5 Å². The zero-order valence-electron chi connectivity index (χ0n) is 45.7. The van der Waals surface area contributed by atoms with Crippen molar-refractivity contribution in [2.45, 2.75) is 52.4 Å².